The molecule has 0 saturated heterocycles. The lowest BCUT2D eigenvalue weighted by molar-refractivity contribution is 0.182. The molecule has 1 fully saturated rings. The Morgan fingerprint density at radius 3 is 2.65 bits per heavy atom. The second-order valence-electron chi connectivity index (χ2n) is 6.54. The van der Waals surface area contributed by atoms with Gasteiger partial charge in [0.05, 0.1) is 7.11 Å². The molecule has 0 atom stereocenters. The molecule has 1 aliphatic carbocycles. The van der Waals surface area contributed by atoms with Gasteiger partial charge in [0.15, 0.2) is 0 Å². The lowest BCUT2D eigenvalue weighted by Gasteiger charge is -2.26. The van der Waals surface area contributed by atoms with Gasteiger partial charge in [-0.2, -0.15) is 4.98 Å². The van der Waals surface area contributed by atoms with Crippen molar-refractivity contribution in [2.45, 2.75) is 51.6 Å². The highest BCUT2D eigenvalue weighted by atomic mass is 16.5. The highest BCUT2D eigenvalue weighted by Gasteiger charge is 2.21. The SMILES string of the molecule is CCN(Cc1nc(-c2ccc(OC)cc2)no1)C(=O)NC1CCCCC1. The third kappa shape index (κ3) is 4.53. The number of amides is 2. The molecular formula is C19H26N4O3. The minimum Gasteiger partial charge on any atom is -0.497 e. The largest absolute Gasteiger partial charge is 0.497 e. The number of nitrogens with zero attached hydrogens (tertiary/aromatic N) is 3. The minimum atomic E-state index is -0.0661. The lowest BCUT2D eigenvalue weighted by Crippen LogP contribution is -2.45. The van der Waals surface area contributed by atoms with Crippen LogP contribution in [0.1, 0.15) is 44.9 Å². The molecule has 1 saturated carbocycles. The molecule has 7 heteroatoms. The van der Waals surface area contributed by atoms with Crippen molar-refractivity contribution >= 4 is 6.03 Å². The molecule has 7 nitrogen and oxygen atoms in total. The van der Waals surface area contributed by atoms with Crippen LogP contribution >= 0.6 is 0 Å². The van der Waals surface area contributed by atoms with Gasteiger partial charge in [-0.05, 0) is 44.0 Å². The number of rotatable bonds is 6. The van der Waals surface area contributed by atoms with E-state index in [9.17, 15) is 4.79 Å². The fourth-order valence-electron chi connectivity index (χ4n) is 3.18. The molecule has 0 unspecified atom stereocenters. The standard InChI is InChI=1S/C19H26N4O3/c1-3-23(19(24)20-15-7-5-4-6-8-15)13-17-21-18(22-26-17)14-9-11-16(25-2)12-10-14/h9-12,15H,3-8,13H2,1-2H3,(H,20,24). The minimum absolute atomic E-state index is 0.0661. The van der Waals surface area contributed by atoms with Crippen molar-refractivity contribution in [1.82, 2.24) is 20.4 Å². The quantitative estimate of drug-likeness (QED) is 0.853. The van der Waals surface area contributed by atoms with Crippen LogP contribution in [-0.4, -0.2) is 40.8 Å². The number of nitrogens with one attached hydrogen (secondary N) is 1. The second kappa shape index (κ2) is 8.69. The van der Waals surface area contributed by atoms with E-state index in [1.54, 1.807) is 12.0 Å². The van der Waals surface area contributed by atoms with Crippen molar-refractivity contribution in [2.24, 2.45) is 0 Å². The van der Waals surface area contributed by atoms with Gasteiger partial charge < -0.3 is 19.5 Å². The van der Waals surface area contributed by atoms with Gasteiger partial charge in [0.1, 0.15) is 12.3 Å². The summed E-state index contributed by atoms with van der Waals surface area (Å²) in [5.41, 5.74) is 0.843. The van der Waals surface area contributed by atoms with E-state index in [4.69, 9.17) is 9.26 Å². The summed E-state index contributed by atoms with van der Waals surface area (Å²) in [7, 11) is 1.62. The summed E-state index contributed by atoms with van der Waals surface area (Å²) < 4.78 is 10.5. The first-order valence-corrected chi connectivity index (χ1v) is 9.22. The predicted molar refractivity (Wildman–Crippen MR) is 97.8 cm³/mol. The Balaban J connectivity index is 1.61. The molecule has 0 spiro atoms. The molecule has 0 bridgehead atoms. The van der Waals surface area contributed by atoms with Crippen molar-refractivity contribution in [1.29, 1.82) is 0 Å². The molecule has 1 aromatic carbocycles. The van der Waals surface area contributed by atoms with Crippen molar-refractivity contribution in [3.05, 3.63) is 30.2 Å². The van der Waals surface area contributed by atoms with E-state index in [2.05, 4.69) is 15.5 Å². The van der Waals surface area contributed by atoms with Gasteiger partial charge in [0.2, 0.25) is 11.7 Å². The molecule has 0 aliphatic heterocycles. The normalized spacial score (nSPS) is 14.8. The summed E-state index contributed by atoms with van der Waals surface area (Å²) in [6.07, 6.45) is 5.76. The summed E-state index contributed by atoms with van der Waals surface area (Å²) in [4.78, 5) is 18.6. The van der Waals surface area contributed by atoms with Gasteiger partial charge in [-0.1, -0.05) is 24.4 Å². The van der Waals surface area contributed by atoms with Crippen molar-refractivity contribution in [2.75, 3.05) is 13.7 Å². The van der Waals surface area contributed by atoms with Crippen LogP contribution in [0.15, 0.2) is 28.8 Å². The first-order valence-electron chi connectivity index (χ1n) is 9.22. The van der Waals surface area contributed by atoms with E-state index in [1.807, 2.05) is 31.2 Å². The molecule has 26 heavy (non-hydrogen) atoms. The third-order valence-corrected chi connectivity index (χ3v) is 4.74. The van der Waals surface area contributed by atoms with Gasteiger partial charge in [-0.3, -0.25) is 0 Å². The molecule has 1 N–H and O–H groups in total. The zero-order valence-corrected chi connectivity index (χ0v) is 15.4. The zero-order chi connectivity index (χ0) is 18.4. The molecule has 2 aromatic rings. The van der Waals surface area contributed by atoms with Crippen molar-refractivity contribution in [3.63, 3.8) is 0 Å². The molecule has 1 aliphatic rings. The van der Waals surface area contributed by atoms with Gasteiger partial charge in [-0.25, -0.2) is 4.79 Å². The first-order chi connectivity index (χ1) is 12.7. The van der Waals surface area contributed by atoms with Crippen LogP contribution in [0.5, 0.6) is 5.75 Å². The molecule has 140 valence electrons. The van der Waals surface area contributed by atoms with Gasteiger partial charge in [0.25, 0.3) is 0 Å². The number of carbonyl (C=O) groups is 1. The summed E-state index contributed by atoms with van der Waals surface area (Å²) in [5.74, 6) is 1.71. The number of hydrogen-bond donors (Lipinski definition) is 1. The van der Waals surface area contributed by atoms with Crippen LogP contribution in [0, 0.1) is 0 Å². The maximum Gasteiger partial charge on any atom is 0.318 e. The second-order valence-corrected chi connectivity index (χ2v) is 6.54. The number of aromatic nitrogens is 2. The number of ether oxygens (including phenoxy) is 1. The fraction of sp³-hybridized carbons (Fsp3) is 0.526. The lowest BCUT2D eigenvalue weighted by atomic mass is 9.96. The van der Waals surface area contributed by atoms with E-state index in [-0.39, 0.29) is 12.1 Å². The average Bonchev–Trinajstić information content (AvgIpc) is 3.15. The summed E-state index contributed by atoms with van der Waals surface area (Å²) in [6, 6.07) is 7.66. The van der Waals surface area contributed by atoms with E-state index in [0.717, 1.165) is 24.2 Å². The van der Waals surface area contributed by atoms with Gasteiger partial charge in [0, 0.05) is 18.2 Å². The average molecular weight is 358 g/mol. The summed E-state index contributed by atoms with van der Waals surface area (Å²) in [5, 5.41) is 7.14. The monoisotopic (exact) mass is 358 g/mol. The first kappa shape index (κ1) is 18.2. The van der Waals surface area contributed by atoms with Gasteiger partial charge in [-0.15, -0.1) is 0 Å². The molecule has 1 heterocycles. The van der Waals surface area contributed by atoms with Crippen LogP contribution in [0.2, 0.25) is 0 Å². The number of carbonyl (C=O) groups excluding carboxylic acids is 1. The van der Waals surface area contributed by atoms with E-state index in [0.29, 0.717) is 24.8 Å². The molecule has 1 aromatic heterocycles. The van der Waals surface area contributed by atoms with E-state index in [1.165, 1.54) is 19.3 Å². The number of methoxy groups -OCH3 is 1. The van der Waals surface area contributed by atoms with E-state index >= 15 is 0 Å². The fourth-order valence-corrected chi connectivity index (χ4v) is 3.18. The Morgan fingerprint density at radius 2 is 2.00 bits per heavy atom. The van der Waals surface area contributed by atoms with Gasteiger partial charge >= 0.3 is 6.03 Å². The summed E-state index contributed by atoms with van der Waals surface area (Å²) >= 11 is 0. The highest BCUT2D eigenvalue weighted by molar-refractivity contribution is 5.74. The Labute approximate surface area is 153 Å². The Bertz CT molecular complexity index is 708. The number of benzene rings is 1. The molecule has 2 amide bonds. The maximum atomic E-state index is 12.5. The predicted octanol–water partition coefficient (Wildman–Crippen LogP) is 3.61. The van der Waals surface area contributed by atoms with Crippen LogP contribution in [0.25, 0.3) is 11.4 Å². The molecule has 0 radical (unpaired) electrons. The highest BCUT2D eigenvalue weighted by Crippen LogP contribution is 2.20. The van der Waals surface area contributed by atoms with Crippen LogP contribution < -0.4 is 10.1 Å². The van der Waals surface area contributed by atoms with Crippen LogP contribution in [0.4, 0.5) is 4.79 Å². The number of urea groups is 1. The Kier molecular flexibility index (Phi) is 6.09. The van der Waals surface area contributed by atoms with Crippen LogP contribution in [0.3, 0.4) is 0 Å². The third-order valence-electron chi connectivity index (χ3n) is 4.74. The summed E-state index contributed by atoms with van der Waals surface area (Å²) in [6.45, 7) is 2.83. The smallest absolute Gasteiger partial charge is 0.318 e. The Morgan fingerprint density at radius 1 is 1.27 bits per heavy atom. The number of hydrogen-bond acceptors (Lipinski definition) is 5. The van der Waals surface area contributed by atoms with Crippen molar-refractivity contribution in [3.8, 4) is 17.1 Å². The zero-order valence-electron chi connectivity index (χ0n) is 15.4. The Hall–Kier alpha value is -2.57. The van der Waals surface area contributed by atoms with E-state index < -0.39 is 0 Å². The topological polar surface area (TPSA) is 80.5 Å². The van der Waals surface area contributed by atoms with Crippen LogP contribution in [-0.2, 0) is 6.54 Å². The maximum absolute atomic E-state index is 12.5. The molecular weight excluding hydrogens is 332 g/mol. The molecule has 3 rings (SSSR count). The van der Waals surface area contributed by atoms with Crippen molar-refractivity contribution < 1.29 is 14.1 Å².